The quantitative estimate of drug-likeness (QED) is 0.754. The number of rotatable bonds is 3. The van der Waals surface area contributed by atoms with Crippen LogP contribution in [0.1, 0.15) is 12.8 Å². The van der Waals surface area contributed by atoms with E-state index in [4.69, 9.17) is 4.74 Å². The molecule has 1 N–H and O–H groups in total. The highest BCUT2D eigenvalue weighted by molar-refractivity contribution is 6.07. The Balaban J connectivity index is 1.40. The first kappa shape index (κ1) is 15.0. The number of halogens is 1. The van der Waals surface area contributed by atoms with Gasteiger partial charge in [0, 0.05) is 28.4 Å². The summed E-state index contributed by atoms with van der Waals surface area (Å²) in [5.41, 5.74) is 3.14. The van der Waals surface area contributed by atoms with E-state index in [9.17, 15) is 4.39 Å². The molecule has 3 aromatic rings. The first-order chi connectivity index (χ1) is 12.3. The van der Waals surface area contributed by atoms with Crippen molar-refractivity contribution in [3.63, 3.8) is 0 Å². The molecule has 2 bridgehead atoms. The zero-order valence-electron chi connectivity index (χ0n) is 14.1. The van der Waals surface area contributed by atoms with E-state index in [2.05, 4.69) is 22.0 Å². The molecule has 4 heteroatoms. The van der Waals surface area contributed by atoms with Crippen molar-refractivity contribution in [3.8, 4) is 5.75 Å². The van der Waals surface area contributed by atoms with Crippen molar-refractivity contribution in [3.05, 3.63) is 53.9 Å². The fraction of sp³-hybridized carbons (Fsp3) is 0.333. The molecule has 0 spiro atoms. The second-order valence-corrected chi connectivity index (χ2v) is 7.15. The van der Waals surface area contributed by atoms with Gasteiger partial charge in [-0.3, -0.25) is 4.90 Å². The summed E-state index contributed by atoms with van der Waals surface area (Å²) in [6.07, 6.45) is 2.17. The van der Waals surface area contributed by atoms with Crippen LogP contribution in [-0.2, 0) is 0 Å². The molecule has 2 aromatic carbocycles. The number of fused-ring (bicyclic) bond motifs is 6. The summed E-state index contributed by atoms with van der Waals surface area (Å²) in [4.78, 5) is 5.74. The van der Waals surface area contributed by atoms with E-state index in [0.717, 1.165) is 54.5 Å². The normalized spacial score (nSPS) is 24.8. The predicted octanol–water partition coefficient (Wildman–Crippen LogP) is 4.65. The second kappa shape index (κ2) is 5.88. The number of benzene rings is 2. The van der Waals surface area contributed by atoms with Gasteiger partial charge in [0.1, 0.15) is 18.2 Å². The van der Waals surface area contributed by atoms with Crippen LogP contribution in [0.5, 0.6) is 5.75 Å². The summed E-state index contributed by atoms with van der Waals surface area (Å²) in [5.74, 6) is 1.06. The van der Waals surface area contributed by atoms with Gasteiger partial charge in [0.05, 0.1) is 0 Å². The van der Waals surface area contributed by atoms with E-state index in [0.29, 0.717) is 11.7 Å². The number of para-hydroxylation sites is 1. The van der Waals surface area contributed by atoms with E-state index in [1.807, 2.05) is 30.3 Å². The minimum Gasteiger partial charge on any atom is -0.486 e. The number of nitrogens with zero attached hydrogens (tertiary/aromatic N) is 1. The van der Waals surface area contributed by atoms with Gasteiger partial charge in [0.15, 0.2) is 0 Å². The zero-order valence-corrected chi connectivity index (χ0v) is 14.1. The van der Waals surface area contributed by atoms with Crippen molar-refractivity contribution in [2.24, 2.45) is 5.92 Å². The molecule has 25 heavy (non-hydrogen) atoms. The number of aromatic nitrogens is 1. The van der Waals surface area contributed by atoms with Gasteiger partial charge >= 0.3 is 0 Å². The maximum atomic E-state index is 14.7. The van der Waals surface area contributed by atoms with Crippen molar-refractivity contribution in [2.75, 3.05) is 26.2 Å². The molecular formula is C21H21FN2O. The molecule has 4 heterocycles. The van der Waals surface area contributed by atoms with Crippen LogP contribution in [0.3, 0.4) is 0 Å². The lowest BCUT2D eigenvalue weighted by molar-refractivity contribution is 0.154. The third-order valence-electron chi connectivity index (χ3n) is 5.67. The first-order valence-electron chi connectivity index (χ1n) is 9.01. The van der Waals surface area contributed by atoms with Crippen LogP contribution in [0, 0.1) is 5.92 Å². The van der Waals surface area contributed by atoms with Gasteiger partial charge in [-0.05, 0) is 61.7 Å². The van der Waals surface area contributed by atoms with Crippen LogP contribution >= 0.6 is 0 Å². The molecule has 3 aliphatic rings. The SMILES string of the molecule is F/C(COc1ccc2[nH]c3ccccc3c2c1)=C1/CN2CCC1CC2. The molecule has 3 saturated heterocycles. The standard InChI is InChI=1S/C21H21FN2O/c22-19(18-12-24-9-7-14(18)8-10-24)13-25-15-5-6-21-17(11-15)16-3-1-2-4-20(16)23-21/h1-6,11,14,23H,7-10,12-13H2/b19-18-. The molecule has 0 unspecified atom stereocenters. The third kappa shape index (κ3) is 2.61. The largest absolute Gasteiger partial charge is 0.486 e. The van der Waals surface area contributed by atoms with Gasteiger partial charge in [0.2, 0.25) is 0 Å². The third-order valence-corrected chi connectivity index (χ3v) is 5.67. The number of H-pyrrole nitrogens is 1. The molecule has 128 valence electrons. The number of nitrogens with one attached hydrogen (secondary N) is 1. The lowest BCUT2D eigenvalue weighted by Gasteiger charge is -2.41. The second-order valence-electron chi connectivity index (χ2n) is 7.15. The number of hydrogen-bond acceptors (Lipinski definition) is 2. The fourth-order valence-electron chi connectivity index (χ4n) is 4.27. The summed E-state index contributed by atoms with van der Waals surface area (Å²) in [5, 5.41) is 2.28. The zero-order chi connectivity index (χ0) is 16.8. The fourth-order valence-corrected chi connectivity index (χ4v) is 4.27. The van der Waals surface area contributed by atoms with E-state index in [1.165, 1.54) is 5.39 Å². The van der Waals surface area contributed by atoms with Crippen LogP contribution in [0.2, 0.25) is 0 Å². The van der Waals surface area contributed by atoms with Crippen LogP contribution in [0.4, 0.5) is 4.39 Å². The Morgan fingerprint density at radius 1 is 1.08 bits per heavy atom. The molecular weight excluding hydrogens is 315 g/mol. The van der Waals surface area contributed by atoms with Gasteiger partial charge in [0.25, 0.3) is 0 Å². The van der Waals surface area contributed by atoms with Gasteiger partial charge in [-0.2, -0.15) is 0 Å². The summed E-state index contributed by atoms with van der Waals surface area (Å²) in [6.45, 7) is 3.04. The average molecular weight is 336 g/mol. The van der Waals surface area contributed by atoms with Crippen molar-refractivity contribution in [1.82, 2.24) is 9.88 Å². The highest BCUT2D eigenvalue weighted by Crippen LogP contribution is 2.34. The Bertz CT molecular complexity index is 966. The van der Waals surface area contributed by atoms with Crippen molar-refractivity contribution >= 4 is 21.8 Å². The maximum Gasteiger partial charge on any atom is 0.140 e. The minimum absolute atomic E-state index is 0.0353. The lowest BCUT2D eigenvalue weighted by atomic mass is 9.83. The molecule has 3 aliphatic heterocycles. The highest BCUT2D eigenvalue weighted by Gasteiger charge is 2.31. The summed E-state index contributed by atoms with van der Waals surface area (Å²) < 4.78 is 20.5. The predicted molar refractivity (Wildman–Crippen MR) is 98.6 cm³/mol. The van der Waals surface area contributed by atoms with Crippen molar-refractivity contribution in [1.29, 1.82) is 0 Å². The van der Waals surface area contributed by atoms with Crippen LogP contribution in [-0.4, -0.2) is 36.1 Å². The maximum absolute atomic E-state index is 14.7. The molecule has 0 aliphatic carbocycles. The Morgan fingerprint density at radius 2 is 1.88 bits per heavy atom. The van der Waals surface area contributed by atoms with Gasteiger partial charge in [-0.15, -0.1) is 0 Å². The Hall–Kier alpha value is -2.33. The van der Waals surface area contributed by atoms with Gasteiger partial charge in [-0.25, -0.2) is 4.39 Å². The smallest absolute Gasteiger partial charge is 0.140 e. The lowest BCUT2D eigenvalue weighted by Crippen LogP contribution is -2.43. The monoisotopic (exact) mass is 336 g/mol. The molecule has 0 atom stereocenters. The molecule has 0 radical (unpaired) electrons. The van der Waals surface area contributed by atoms with Gasteiger partial charge in [-0.1, -0.05) is 18.2 Å². The molecule has 0 saturated carbocycles. The first-order valence-corrected chi connectivity index (χ1v) is 9.01. The summed E-state index contributed by atoms with van der Waals surface area (Å²) in [6, 6.07) is 14.1. The van der Waals surface area contributed by atoms with E-state index < -0.39 is 0 Å². The molecule has 3 nitrogen and oxygen atoms in total. The van der Waals surface area contributed by atoms with E-state index in [-0.39, 0.29) is 12.4 Å². The summed E-state index contributed by atoms with van der Waals surface area (Å²) in [7, 11) is 0. The molecule has 6 rings (SSSR count). The highest BCUT2D eigenvalue weighted by atomic mass is 19.1. The van der Waals surface area contributed by atoms with Crippen molar-refractivity contribution in [2.45, 2.75) is 12.8 Å². The minimum atomic E-state index is -0.0755. The molecule has 1 aromatic heterocycles. The van der Waals surface area contributed by atoms with Gasteiger partial charge < -0.3 is 9.72 Å². The Morgan fingerprint density at radius 3 is 2.68 bits per heavy atom. The number of piperidine rings is 3. The Labute approximate surface area is 146 Å². The average Bonchev–Trinajstić information content (AvgIpc) is 3.05. The number of aromatic amines is 1. The van der Waals surface area contributed by atoms with E-state index in [1.54, 1.807) is 0 Å². The topological polar surface area (TPSA) is 28.3 Å². The number of hydrogen-bond donors (Lipinski definition) is 1. The Kier molecular flexibility index (Phi) is 3.52. The number of ether oxygens (including phenoxy) is 1. The van der Waals surface area contributed by atoms with Crippen LogP contribution < -0.4 is 4.74 Å². The van der Waals surface area contributed by atoms with E-state index >= 15 is 0 Å². The molecule has 0 amide bonds. The molecule has 3 fully saturated rings. The summed E-state index contributed by atoms with van der Waals surface area (Å²) >= 11 is 0. The van der Waals surface area contributed by atoms with Crippen LogP contribution in [0.15, 0.2) is 53.9 Å². The van der Waals surface area contributed by atoms with Crippen LogP contribution in [0.25, 0.3) is 21.8 Å². The van der Waals surface area contributed by atoms with Crippen molar-refractivity contribution < 1.29 is 9.13 Å².